The Labute approximate surface area is 240 Å². The zero-order chi connectivity index (χ0) is 23.1. The summed E-state index contributed by atoms with van der Waals surface area (Å²) >= 11 is 0. The summed E-state index contributed by atoms with van der Waals surface area (Å²) in [5.41, 5.74) is 13.1. The number of aryl methyl sites for hydroxylation is 2. The summed E-state index contributed by atoms with van der Waals surface area (Å²) in [6.07, 6.45) is 1.03. The van der Waals surface area contributed by atoms with Crippen LogP contribution >= 0.6 is 0 Å². The van der Waals surface area contributed by atoms with Gasteiger partial charge in [-0.25, -0.2) is 6.07 Å². The normalized spacial score (nSPS) is 11.9. The molecule has 4 rings (SSSR count). The Hall–Kier alpha value is -0.747. The summed E-state index contributed by atoms with van der Waals surface area (Å²) in [5.74, 6) is 0.675. The largest absolute Gasteiger partial charge is 4.00 e. The first-order valence-electron chi connectivity index (χ1n) is 11.7. The average molecular weight is 575 g/mol. The van der Waals surface area contributed by atoms with Gasteiger partial charge in [0.2, 0.25) is 0 Å². The van der Waals surface area contributed by atoms with Crippen molar-refractivity contribution in [2.75, 3.05) is 0 Å². The molecular weight excluding hydrogens is 534 g/mol. The summed E-state index contributed by atoms with van der Waals surface area (Å²) < 4.78 is 0. The van der Waals surface area contributed by atoms with Gasteiger partial charge in [-0.1, -0.05) is 110 Å². The fourth-order valence-electron chi connectivity index (χ4n) is 4.43. The van der Waals surface area contributed by atoms with Gasteiger partial charge >= 0.3 is 26.2 Å². The van der Waals surface area contributed by atoms with Crippen LogP contribution in [0.3, 0.4) is 0 Å². The van der Waals surface area contributed by atoms with Crippen molar-refractivity contribution < 1.29 is 51.0 Å². The summed E-state index contributed by atoms with van der Waals surface area (Å²) in [6.45, 7) is 22.5. The van der Waals surface area contributed by atoms with Crippen molar-refractivity contribution in [3.05, 3.63) is 87.5 Å². The molecule has 34 heavy (non-hydrogen) atoms. The number of halogens is 2. The number of fused-ring (bicyclic) bond motifs is 3. The molecule has 0 saturated carbocycles. The first-order valence-corrected chi connectivity index (χ1v) is 11.7. The van der Waals surface area contributed by atoms with E-state index in [9.17, 15) is 0 Å². The number of rotatable bonds is 1. The third-order valence-electron chi connectivity index (χ3n) is 6.43. The molecule has 1 aliphatic rings. The van der Waals surface area contributed by atoms with E-state index in [1.165, 1.54) is 50.1 Å². The van der Waals surface area contributed by atoms with Gasteiger partial charge in [0.05, 0.1) is 0 Å². The van der Waals surface area contributed by atoms with E-state index in [0.717, 1.165) is 6.42 Å². The fourth-order valence-corrected chi connectivity index (χ4v) is 4.43. The molecule has 0 spiro atoms. The number of hydrogen-bond donors (Lipinski definition) is 0. The first kappa shape index (κ1) is 33.3. The van der Waals surface area contributed by atoms with Gasteiger partial charge in [-0.15, -0.1) is 5.56 Å². The van der Waals surface area contributed by atoms with Crippen LogP contribution in [-0.4, -0.2) is 0 Å². The second kappa shape index (κ2) is 12.5. The first-order chi connectivity index (χ1) is 14.3. The Kier molecular flexibility index (Phi) is 12.2. The summed E-state index contributed by atoms with van der Waals surface area (Å²) in [4.78, 5) is 0. The maximum Gasteiger partial charge on any atom is 4.00 e. The Morgan fingerprint density at radius 3 is 1.82 bits per heavy atom. The Bertz CT molecular complexity index is 1010. The minimum atomic E-state index is 0. The molecule has 3 aromatic rings. The Balaban J connectivity index is 0.000000721. The van der Waals surface area contributed by atoms with Crippen molar-refractivity contribution >= 4 is 0 Å². The third-order valence-corrected chi connectivity index (χ3v) is 6.43. The van der Waals surface area contributed by atoms with Gasteiger partial charge in [0.15, 0.2) is 0 Å². The quantitative estimate of drug-likeness (QED) is 0.307. The minimum absolute atomic E-state index is 0. The zero-order valence-electron chi connectivity index (χ0n) is 22.6. The molecule has 0 bridgehead atoms. The second-order valence-electron chi connectivity index (χ2n) is 11.7. The molecule has 1 aliphatic carbocycles. The molecule has 182 valence electrons. The molecule has 3 aromatic carbocycles. The van der Waals surface area contributed by atoms with Gasteiger partial charge in [0.1, 0.15) is 0 Å². The Morgan fingerprint density at radius 1 is 0.824 bits per heavy atom. The molecule has 0 saturated heterocycles. The van der Waals surface area contributed by atoms with Crippen LogP contribution in [0.25, 0.3) is 11.1 Å². The zero-order valence-corrected chi connectivity index (χ0v) is 26.6. The number of benzene rings is 2. The van der Waals surface area contributed by atoms with Gasteiger partial charge in [0, 0.05) is 0 Å². The van der Waals surface area contributed by atoms with Crippen LogP contribution in [0.15, 0.2) is 42.5 Å². The molecule has 3 heteroatoms. The SMILES string of the molecule is CC(C)(C)c1c[c-]c2c(c1)-c1cc(C(C)(C)C)ccc1C2.Cc1cc(C(C)C)c(C)[cH-]1.[Cl-].[Cl-].[Zr+4]. The van der Waals surface area contributed by atoms with Crippen molar-refractivity contribution in [1.82, 2.24) is 0 Å². The predicted molar refractivity (Wildman–Crippen MR) is 137 cm³/mol. The summed E-state index contributed by atoms with van der Waals surface area (Å²) in [7, 11) is 0. The van der Waals surface area contributed by atoms with E-state index in [-0.39, 0.29) is 61.8 Å². The molecule has 0 aromatic heterocycles. The molecule has 0 amide bonds. The van der Waals surface area contributed by atoms with Crippen molar-refractivity contribution in [1.29, 1.82) is 0 Å². The van der Waals surface area contributed by atoms with Gasteiger partial charge in [-0.2, -0.15) is 52.1 Å². The molecule has 0 aliphatic heterocycles. The molecule has 0 unspecified atom stereocenters. The van der Waals surface area contributed by atoms with E-state index >= 15 is 0 Å². The maximum atomic E-state index is 3.53. The fraction of sp³-hybridized carbons (Fsp3) is 0.452. The summed E-state index contributed by atoms with van der Waals surface area (Å²) in [5, 5.41) is 0. The van der Waals surface area contributed by atoms with Crippen molar-refractivity contribution in [3.8, 4) is 11.1 Å². The van der Waals surface area contributed by atoms with Gasteiger partial charge in [-0.3, -0.25) is 0 Å². The van der Waals surface area contributed by atoms with Crippen LogP contribution in [0.4, 0.5) is 0 Å². The molecule has 0 atom stereocenters. The maximum absolute atomic E-state index is 3.53. The van der Waals surface area contributed by atoms with E-state index in [4.69, 9.17) is 0 Å². The van der Waals surface area contributed by atoms with Crippen LogP contribution in [-0.2, 0) is 43.5 Å². The van der Waals surface area contributed by atoms with Gasteiger partial charge in [0.25, 0.3) is 0 Å². The molecule has 0 fully saturated rings. The molecule has 0 heterocycles. The van der Waals surface area contributed by atoms with Crippen LogP contribution in [0.2, 0.25) is 0 Å². The van der Waals surface area contributed by atoms with Crippen LogP contribution in [0.1, 0.15) is 100 Å². The van der Waals surface area contributed by atoms with Gasteiger partial charge < -0.3 is 24.8 Å². The molecule has 0 radical (unpaired) electrons. The summed E-state index contributed by atoms with van der Waals surface area (Å²) in [6, 6.07) is 19.6. The van der Waals surface area contributed by atoms with Crippen LogP contribution in [0.5, 0.6) is 0 Å². The molecular formula is C31H40Cl2Zr. The topological polar surface area (TPSA) is 0 Å². The Morgan fingerprint density at radius 2 is 1.38 bits per heavy atom. The monoisotopic (exact) mass is 572 g/mol. The van der Waals surface area contributed by atoms with E-state index in [0.29, 0.717) is 5.92 Å². The van der Waals surface area contributed by atoms with Crippen molar-refractivity contribution in [3.63, 3.8) is 0 Å². The third kappa shape index (κ3) is 7.62. The molecule has 0 N–H and O–H groups in total. The average Bonchev–Trinajstić information content (AvgIpc) is 3.18. The second-order valence-corrected chi connectivity index (χ2v) is 11.7. The predicted octanol–water partition coefficient (Wildman–Crippen LogP) is 2.80. The van der Waals surface area contributed by atoms with E-state index in [1.807, 2.05) is 0 Å². The van der Waals surface area contributed by atoms with Crippen LogP contribution < -0.4 is 24.8 Å². The van der Waals surface area contributed by atoms with E-state index < -0.39 is 0 Å². The smallest absolute Gasteiger partial charge is 1.00 e. The molecule has 0 nitrogen and oxygen atoms in total. The van der Waals surface area contributed by atoms with E-state index in [2.05, 4.69) is 118 Å². The van der Waals surface area contributed by atoms with Gasteiger partial charge in [-0.05, 0) is 17.4 Å². The minimum Gasteiger partial charge on any atom is -1.00 e. The van der Waals surface area contributed by atoms with E-state index in [1.54, 1.807) is 0 Å². The standard InChI is InChI=1S/C21H25.C10H15.2ClH.Zr/c1-20(2,3)16-9-7-14-11-15-8-10-17(21(4,5)6)13-19(15)18(14)12-16;1-7(2)10-6-8(3)5-9(10)4;;;/h7,9-10,12-13H,11H2,1-6H3;5-7H,1-4H3;2*1H;/q2*-1;;;+4/p-2. The van der Waals surface area contributed by atoms with Crippen molar-refractivity contribution in [2.45, 2.75) is 92.4 Å². The number of hydrogen-bond acceptors (Lipinski definition) is 0. The van der Waals surface area contributed by atoms with Crippen molar-refractivity contribution in [2.24, 2.45) is 0 Å². The van der Waals surface area contributed by atoms with Crippen LogP contribution in [0, 0.1) is 19.9 Å².